The first-order valence-electron chi connectivity index (χ1n) is 6.85. The molecule has 0 heterocycles. The fraction of sp³-hybridized carbons (Fsp3) is 0.125. The molecule has 2 rings (SSSR count). The summed E-state index contributed by atoms with van der Waals surface area (Å²) in [6.45, 7) is -3.03. The molecule has 0 amide bonds. The Balaban J connectivity index is 2.12. The molecule has 0 saturated carbocycles. The van der Waals surface area contributed by atoms with Crippen molar-refractivity contribution in [1.82, 2.24) is 0 Å². The predicted molar refractivity (Wildman–Crippen MR) is 89.3 cm³/mol. The third-order valence-electron chi connectivity index (χ3n) is 3.00. The number of carboxylic acid groups (broad SMARTS) is 1. The first-order valence-corrected chi connectivity index (χ1v) is 7.23. The maximum absolute atomic E-state index is 12.4. The van der Waals surface area contributed by atoms with E-state index in [-0.39, 0.29) is 22.1 Å². The van der Waals surface area contributed by atoms with Gasteiger partial charge in [0.05, 0.1) is 29.6 Å². The fourth-order valence-corrected chi connectivity index (χ4v) is 2.15. The van der Waals surface area contributed by atoms with Crippen molar-refractivity contribution in [1.29, 1.82) is 0 Å². The van der Waals surface area contributed by atoms with Crippen molar-refractivity contribution in [2.45, 2.75) is 6.61 Å². The van der Waals surface area contributed by atoms with Gasteiger partial charge in [-0.15, -0.1) is 0 Å². The van der Waals surface area contributed by atoms with Gasteiger partial charge in [0.2, 0.25) is 0 Å². The maximum atomic E-state index is 12.4. The van der Waals surface area contributed by atoms with Crippen molar-refractivity contribution in [3.8, 4) is 11.5 Å². The number of hydrogen-bond acceptors (Lipinski definition) is 5. The highest BCUT2D eigenvalue weighted by atomic mass is 35.5. The van der Waals surface area contributed by atoms with E-state index in [1.54, 1.807) is 12.1 Å². The van der Waals surface area contributed by atoms with Crippen molar-refractivity contribution in [2.75, 3.05) is 12.5 Å². The molecule has 9 heteroatoms. The molecule has 132 valence electrons. The molecule has 2 aromatic rings. The smallest absolute Gasteiger partial charge is 0.387 e. The van der Waals surface area contributed by atoms with E-state index in [0.717, 1.165) is 0 Å². The first-order chi connectivity index (χ1) is 11.9. The zero-order valence-corrected chi connectivity index (χ0v) is 13.6. The summed E-state index contributed by atoms with van der Waals surface area (Å²) in [6, 6.07) is 8.78. The molecule has 2 aromatic carbocycles. The summed E-state index contributed by atoms with van der Waals surface area (Å²) in [5.74, 6) is -1.24. The first kappa shape index (κ1) is 18.5. The summed E-state index contributed by atoms with van der Waals surface area (Å²) in [5.41, 5.74) is 3.91. The second-order valence-corrected chi connectivity index (χ2v) is 5.07. The highest BCUT2D eigenvalue weighted by Crippen LogP contribution is 2.37. The van der Waals surface area contributed by atoms with Crippen LogP contribution in [0.25, 0.3) is 0 Å². The maximum Gasteiger partial charge on any atom is 0.387 e. The Bertz CT molecular complexity index is 782. The normalized spacial score (nSPS) is 10.9. The molecule has 0 aromatic heterocycles. The molecule has 25 heavy (non-hydrogen) atoms. The van der Waals surface area contributed by atoms with Gasteiger partial charge in [-0.25, -0.2) is 4.79 Å². The molecular weight excluding hydrogens is 358 g/mol. The summed E-state index contributed by atoms with van der Waals surface area (Å²) >= 11 is 5.92. The third-order valence-corrected chi connectivity index (χ3v) is 3.28. The molecule has 0 aliphatic carbocycles. The van der Waals surface area contributed by atoms with Gasteiger partial charge in [-0.05, 0) is 42.0 Å². The summed E-state index contributed by atoms with van der Waals surface area (Å²) in [6.07, 6.45) is 1.39. The Morgan fingerprint density at radius 3 is 2.56 bits per heavy atom. The number of nitrogens with zero attached hydrogens (tertiary/aromatic N) is 1. The number of anilines is 1. The number of alkyl halides is 2. The monoisotopic (exact) mass is 370 g/mol. The molecule has 0 atom stereocenters. The van der Waals surface area contributed by atoms with E-state index in [4.69, 9.17) is 21.4 Å². The number of rotatable bonds is 7. The van der Waals surface area contributed by atoms with E-state index in [1.807, 2.05) is 0 Å². The Kier molecular flexibility index (Phi) is 6.13. The molecule has 2 N–H and O–H groups in total. The van der Waals surface area contributed by atoms with Crippen LogP contribution in [0.1, 0.15) is 15.9 Å². The number of hydrazone groups is 1. The van der Waals surface area contributed by atoms with Gasteiger partial charge >= 0.3 is 12.6 Å². The average molecular weight is 371 g/mol. The zero-order chi connectivity index (χ0) is 18.4. The van der Waals surface area contributed by atoms with Crippen LogP contribution in [0.5, 0.6) is 11.5 Å². The van der Waals surface area contributed by atoms with Gasteiger partial charge in [-0.2, -0.15) is 13.9 Å². The summed E-state index contributed by atoms with van der Waals surface area (Å²) in [7, 11) is 1.30. The van der Waals surface area contributed by atoms with Crippen molar-refractivity contribution in [3.63, 3.8) is 0 Å². The Labute approximate surface area is 146 Å². The Morgan fingerprint density at radius 2 is 2.00 bits per heavy atom. The summed E-state index contributed by atoms with van der Waals surface area (Å²) in [4.78, 5) is 10.8. The highest BCUT2D eigenvalue weighted by Gasteiger charge is 2.15. The molecule has 0 unspecified atom stereocenters. The number of halogens is 3. The molecule has 0 bridgehead atoms. The van der Waals surface area contributed by atoms with Crippen molar-refractivity contribution in [2.24, 2.45) is 5.10 Å². The Morgan fingerprint density at radius 1 is 1.32 bits per heavy atom. The largest absolute Gasteiger partial charge is 0.493 e. The molecule has 0 spiro atoms. The lowest BCUT2D eigenvalue weighted by molar-refractivity contribution is -0.0511. The van der Waals surface area contributed by atoms with Gasteiger partial charge in [-0.1, -0.05) is 11.6 Å². The van der Waals surface area contributed by atoms with E-state index >= 15 is 0 Å². The number of carbonyl (C=O) groups is 1. The second kappa shape index (κ2) is 8.29. The van der Waals surface area contributed by atoms with Crippen molar-refractivity contribution < 1.29 is 28.2 Å². The lowest BCUT2D eigenvalue weighted by Gasteiger charge is -2.12. The van der Waals surface area contributed by atoms with Crippen LogP contribution in [-0.2, 0) is 0 Å². The van der Waals surface area contributed by atoms with Crippen LogP contribution < -0.4 is 14.9 Å². The third kappa shape index (κ3) is 5.05. The fourth-order valence-electron chi connectivity index (χ4n) is 1.89. The summed E-state index contributed by atoms with van der Waals surface area (Å²) < 4.78 is 34.1. The second-order valence-electron chi connectivity index (χ2n) is 4.67. The highest BCUT2D eigenvalue weighted by molar-refractivity contribution is 6.32. The minimum Gasteiger partial charge on any atom is -0.493 e. The van der Waals surface area contributed by atoms with Crippen LogP contribution in [0.4, 0.5) is 14.5 Å². The van der Waals surface area contributed by atoms with E-state index in [1.165, 1.54) is 37.6 Å². The SMILES string of the molecule is COc1cc(/C=N\Nc2ccc(C(=O)O)cc2)cc(Cl)c1OC(F)F. The lowest BCUT2D eigenvalue weighted by atomic mass is 10.2. The van der Waals surface area contributed by atoms with Crippen LogP contribution in [0.2, 0.25) is 5.02 Å². The quantitative estimate of drug-likeness (QED) is 0.566. The number of nitrogens with one attached hydrogen (secondary N) is 1. The van der Waals surface area contributed by atoms with Crippen LogP contribution in [0, 0.1) is 0 Å². The van der Waals surface area contributed by atoms with Gasteiger partial charge < -0.3 is 14.6 Å². The molecule has 6 nitrogen and oxygen atoms in total. The van der Waals surface area contributed by atoms with Crippen LogP contribution >= 0.6 is 11.6 Å². The zero-order valence-electron chi connectivity index (χ0n) is 12.9. The van der Waals surface area contributed by atoms with Crippen LogP contribution in [-0.4, -0.2) is 31.0 Å². The molecule has 0 aliphatic heterocycles. The number of methoxy groups -OCH3 is 1. The minimum atomic E-state index is -3.03. The van der Waals surface area contributed by atoms with Crippen molar-refractivity contribution in [3.05, 3.63) is 52.5 Å². The molecule has 0 aliphatic rings. The molecule has 0 saturated heterocycles. The lowest BCUT2D eigenvalue weighted by Crippen LogP contribution is -2.04. The van der Waals surface area contributed by atoms with E-state index < -0.39 is 12.6 Å². The van der Waals surface area contributed by atoms with Gasteiger partial charge in [-0.3, -0.25) is 5.43 Å². The van der Waals surface area contributed by atoms with Crippen LogP contribution in [0.15, 0.2) is 41.5 Å². The Hall–Kier alpha value is -2.87. The number of aromatic carboxylic acids is 1. The number of benzene rings is 2. The van der Waals surface area contributed by atoms with Gasteiger partial charge in [0.15, 0.2) is 11.5 Å². The average Bonchev–Trinajstić information content (AvgIpc) is 2.57. The van der Waals surface area contributed by atoms with Crippen molar-refractivity contribution >= 4 is 29.5 Å². The van der Waals surface area contributed by atoms with E-state index in [0.29, 0.717) is 11.3 Å². The van der Waals surface area contributed by atoms with Gasteiger partial charge in [0.1, 0.15) is 0 Å². The standard InChI is InChI=1S/C16H13ClF2N2O4/c1-24-13-7-9(6-12(17)14(13)25-16(18)19)8-20-21-11-4-2-10(3-5-11)15(22)23/h2-8,16,21H,1H3,(H,22,23)/b20-8-. The number of ether oxygens (including phenoxy) is 2. The molecular formula is C16H13ClF2N2O4. The van der Waals surface area contributed by atoms with E-state index in [9.17, 15) is 13.6 Å². The van der Waals surface area contributed by atoms with Gasteiger partial charge in [0, 0.05) is 0 Å². The topological polar surface area (TPSA) is 80.2 Å². The van der Waals surface area contributed by atoms with Crippen LogP contribution in [0.3, 0.4) is 0 Å². The predicted octanol–water partition coefficient (Wildman–Crippen LogP) is 4.09. The number of hydrogen-bond donors (Lipinski definition) is 2. The minimum absolute atomic E-state index is 0.0417. The molecule has 0 radical (unpaired) electrons. The number of carboxylic acids is 1. The molecule has 0 fully saturated rings. The van der Waals surface area contributed by atoms with E-state index in [2.05, 4.69) is 15.3 Å². The van der Waals surface area contributed by atoms with Gasteiger partial charge in [0.25, 0.3) is 0 Å². The summed E-state index contributed by atoms with van der Waals surface area (Å²) in [5, 5.41) is 12.7.